The Morgan fingerprint density at radius 2 is 2.57 bits per heavy atom. The second-order valence-corrected chi connectivity index (χ2v) is 4.60. The molecular formula is C11H19NOS. The molecule has 1 aliphatic rings. The Labute approximate surface area is 91.2 Å². The van der Waals surface area contributed by atoms with Gasteiger partial charge in [-0.2, -0.15) is 11.8 Å². The third-order valence-corrected chi connectivity index (χ3v) is 3.30. The topological polar surface area (TPSA) is 21.3 Å². The molecule has 14 heavy (non-hydrogen) atoms. The number of rotatable bonds is 5. The van der Waals surface area contributed by atoms with Crippen LogP contribution >= 0.6 is 11.8 Å². The average molecular weight is 213 g/mol. The van der Waals surface area contributed by atoms with Gasteiger partial charge < -0.3 is 10.1 Å². The van der Waals surface area contributed by atoms with E-state index in [0.29, 0.717) is 12.1 Å². The second kappa shape index (κ2) is 7.17. The summed E-state index contributed by atoms with van der Waals surface area (Å²) in [5.41, 5.74) is 0. The molecule has 0 bridgehead atoms. The molecule has 1 rings (SSSR count). The fourth-order valence-corrected chi connectivity index (χ4v) is 2.47. The van der Waals surface area contributed by atoms with E-state index in [1.807, 2.05) is 11.8 Å². The standard InChI is InChI=1S/C11H19NOS/c1-3-5-10(12-6-4-2)11-9-14-8-7-13-11/h1,10-12H,4-9H2,2H3. The lowest BCUT2D eigenvalue weighted by Crippen LogP contribution is -2.44. The normalized spacial score (nSPS) is 24.1. The van der Waals surface area contributed by atoms with E-state index in [0.717, 1.165) is 37.5 Å². The first-order valence-electron chi connectivity index (χ1n) is 5.24. The Hall–Kier alpha value is -0.170. The van der Waals surface area contributed by atoms with E-state index in [4.69, 9.17) is 11.2 Å². The monoisotopic (exact) mass is 213 g/mol. The van der Waals surface area contributed by atoms with E-state index in [9.17, 15) is 0 Å². The van der Waals surface area contributed by atoms with Gasteiger partial charge in [0.25, 0.3) is 0 Å². The molecular weight excluding hydrogens is 194 g/mol. The molecule has 0 saturated carbocycles. The van der Waals surface area contributed by atoms with Gasteiger partial charge in [0.05, 0.1) is 12.7 Å². The minimum absolute atomic E-state index is 0.302. The lowest BCUT2D eigenvalue weighted by molar-refractivity contribution is 0.0484. The van der Waals surface area contributed by atoms with Crippen LogP contribution in [0.3, 0.4) is 0 Å². The van der Waals surface area contributed by atoms with Gasteiger partial charge in [-0.25, -0.2) is 0 Å². The van der Waals surface area contributed by atoms with Gasteiger partial charge in [0.1, 0.15) is 0 Å². The molecule has 0 aliphatic carbocycles. The zero-order chi connectivity index (χ0) is 10.2. The maximum atomic E-state index is 5.71. The van der Waals surface area contributed by atoms with Gasteiger partial charge in [0.15, 0.2) is 0 Å². The number of terminal acetylenes is 1. The number of hydrogen-bond acceptors (Lipinski definition) is 3. The quantitative estimate of drug-likeness (QED) is 0.700. The van der Waals surface area contributed by atoms with Crippen LogP contribution in [0.1, 0.15) is 19.8 Å². The Kier molecular flexibility index (Phi) is 6.09. The van der Waals surface area contributed by atoms with Crippen LogP contribution in [0.5, 0.6) is 0 Å². The zero-order valence-electron chi connectivity index (χ0n) is 8.79. The molecule has 0 aromatic rings. The van der Waals surface area contributed by atoms with Gasteiger partial charge in [0.2, 0.25) is 0 Å². The number of ether oxygens (including phenoxy) is 1. The van der Waals surface area contributed by atoms with Gasteiger partial charge in [-0.3, -0.25) is 0 Å². The van der Waals surface area contributed by atoms with Gasteiger partial charge in [-0.05, 0) is 13.0 Å². The summed E-state index contributed by atoms with van der Waals surface area (Å²) >= 11 is 1.96. The maximum Gasteiger partial charge on any atom is 0.0827 e. The summed E-state index contributed by atoms with van der Waals surface area (Å²) in [6.45, 7) is 4.05. The molecule has 2 unspecified atom stereocenters. The summed E-state index contributed by atoms with van der Waals surface area (Å²) in [4.78, 5) is 0. The van der Waals surface area contributed by atoms with Crippen LogP contribution in [0.4, 0.5) is 0 Å². The van der Waals surface area contributed by atoms with Crippen LogP contribution in [0.15, 0.2) is 0 Å². The first-order chi connectivity index (χ1) is 6.88. The molecule has 0 aromatic carbocycles. The lowest BCUT2D eigenvalue weighted by Gasteiger charge is -2.29. The van der Waals surface area contributed by atoms with Crippen LogP contribution in [0.25, 0.3) is 0 Å². The van der Waals surface area contributed by atoms with E-state index >= 15 is 0 Å². The molecule has 1 saturated heterocycles. The Balaban J connectivity index is 2.35. The fraction of sp³-hybridized carbons (Fsp3) is 0.818. The highest BCUT2D eigenvalue weighted by molar-refractivity contribution is 7.99. The van der Waals surface area contributed by atoms with Gasteiger partial charge in [0, 0.05) is 24.0 Å². The highest BCUT2D eigenvalue weighted by atomic mass is 32.2. The third kappa shape index (κ3) is 3.91. The van der Waals surface area contributed by atoms with Crippen molar-refractivity contribution in [3.63, 3.8) is 0 Å². The molecule has 1 heterocycles. The summed E-state index contributed by atoms with van der Waals surface area (Å²) < 4.78 is 5.71. The summed E-state index contributed by atoms with van der Waals surface area (Å²) in [6.07, 6.45) is 7.57. The van der Waals surface area contributed by atoms with E-state index in [-0.39, 0.29) is 0 Å². The molecule has 1 fully saturated rings. The average Bonchev–Trinajstić information content (AvgIpc) is 2.25. The molecule has 0 amide bonds. The summed E-state index contributed by atoms with van der Waals surface area (Å²) in [5, 5.41) is 3.46. The summed E-state index contributed by atoms with van der Waals surface area (Å²) in [5.74, 6) is 4.91. The van der Waals surface area contributed by atoms with E-state index in [1.54, 1.807) is 0 Å². The SMILES string of the molecule is C#CCC(NCCC)C1CSCCO1. The zero-order valence-corrected chi connectivity index (χ0v) is 9.61. The molecule has 2 atom stereocenters. The van der Waals surface area contributed by atoms with Crippen molar-refractivity contribution < 1.29 is 4.74 Å². The van der Waals surface area contributed by atoms with Crippen LogP contribution in [0.2, 0.25) is 0 Å². The molecule has 1 aliphatic heterocycles. The molecule has 2 nitrogen and oxygen atoms in total. The highest BCUT2D eigenvalue weighted by Crippen LogP contribution is 2.16. The highest BCUT2D eigenvalue weighted by Gasteiger charge is 2.23. The first-order valence-corrected chi connectivity index (χ1v) is 6.40. The predicted octanol–water partition coefficient (Wildman–Crippen LogP) is 1.51. The van der Waals surface area contributed by atoms with E-state index < -0.39 is 0 Å². The van der Waals surface area contributed by atoms with Crippen molar-refractivity contribution in [2.75, 3.05) is 24.7 Å². The van der Waals surface area contributed by atoms with Crippen molar-refractivity contribution in [3.8, 4) is 12.3 Å². The van der Waals surface area contributed by atoms with Crippen molar-refractivity contribution in [2.45, 2.75) is 31.9 Å². The summed E-state index contributed by atoms with van der Waals surface area (Å²) in [6, 6.07) is 0.341. The van der Waals surface area contributed by atoms with Crippen LogP contribution in [-0.2, 0) is 4.74 Å². The molecule has 1 N–H and O–H groups in total. The van der Waals surface area contributed by atoms with Crippen molar-refractivity contribution >= 4 is 11.8 Å². The smallest absolute Gasteiger partial charge is 0.0827 e. The van der Waals surface area contributed by atoms with E-state index in [1.165, 1.54) is 0 Å². The van der Waals surface area contributed by atoms with Gasteiger partial charge >= 0.3 is 0 Å². The van der Waals surface area contributed by atoms with Crippen LogP contribution in [-0.4, -0.2) is 36.8 Å². The molecule has 3 heteroatoms. The lowest BCUT2D eigenvalue weighted by atomic mass is 10.1. The number of hydrogen-bond donors (Lipinski definition) is 1. The van der Waals surface area contributed by atoms with Crippen molar-refractivity contribution in [3.05, 3.63) is 0 Å². The van der Waals surface area contributed by atoms with Crippen molar-refractivity contribution in [2.24, 2.45) is 0 Å². The maximum absolute atomic E-state index is 5.71. The van der Waals surface area contributed by atoms with Crippen LogP contribution < -0.4 is 5.32 Å². The van der Waals surface area contributed by atoms with Crippen molar-refractivity contribution in [1.29, 1.82) is 0 Å². The summed E-state index contributed by atoms with van der Waals surface area (Å²) in [7, 11) is 0. The van der Waals surface area contributed by atoms with E-state index in [2.05, 4.69) is 18.2 Å². The minimum atomic E-state index is 0.302. The first kappa shape index (κ1) is 11.9. The third-order valence-electron chi connectivity index (χ3n) is 2.28. The van der Waals surface area contributed by atoms with Crippen LogP contribution in [0, 0.1) is 12.3 Å². The molecule has 80 valence electrons. The Morgan fingerprint density at radius 3 is 3.14 bits per heavy atom. The largest absolute Gasteiger partial charge is 0.375 e. The second-order valence-electron chi connectivity index (χ2n) is 3.45. The molecule has 0 radical (unpaired) electrons. The van der Waals surface area contributed by atoms with Crippen molar-refractivity contribution in [1.82, 2.24) is 5.32 Å². The predicted molar refractivity (Wildman–Crippen MR) is 62.6 cm³/mol. The fourth-order valence-electron chi connectivity index (χ4n) is 1.53. The molecule has 0 aromatic heterocycles. The van der Waals surface area contributed by atoms with Gasteiger partial charge in [-0.1, -0.05) is 6.92 Å². The number of thioether (sulfide) groups is 1. The molecule has 0 spiro atoms. The number of nitrogens with one attached hydrogen (secondary N) is 1. The minimum Gasteiger partial charge on any atom is -0.375 e. The van der Waals surface area contributed by atoms with Gasteiger partial charge in [-0.15, -0.1) is 12.3 Å². The Morgan fingerprint density at radius 1 is 1.71 bits per heavy atom. The Bertz CT molecular complexity index is 184.